The molecule has 1 amide bonds. The number of nitrogens with one attached hydrogen (secondary N) is 1. The molecule has 0 fully saturated rings. The monoisotopic (exact) mass is 283 g/mol. The molecule has 3 nitrogen and oxygen atoms in total. The third-order valence-electron chi connectivity index (χ3n) is 2.25. The quantitative estimate of drug-likeness (QED) is 0.824. The predicted molar refractivity (Wildman–Crippen MR) is 55.1 cm³/mol. The number of aliphatic hydroxyl groups excluding tert-OH is 1. The van der Waals surface area contributed by atoms with E-state index in [9.17, 15) is 26.7 Å². The van der Waals surface area contributed by atoms with Crippen molar-refractivity contribution < 1.29 is 31.9 Å². The molecule has 0 spiro atoms. The number of hydrogen-bond donors (Lipinski definition) is 2. The highest BCUT2D eigenvalue weighted by atomic mass is 19.4. The van der Waals surface area contributed by atoms with E-state index in [-0.39, 0.29) is 5.56 Å². The van der Waals surface area contributed by atoms with E-state index in [1.54, 1.807) is 5.32 Å². The van der Waals surface area contributed by atoms with Gasteiger partial charge >= 0.3 is 6.18 Å². The lowest BCUT2D eigenvalue weighted by atomic mass is 10.1. The van der Waals surface area contributed by atoms with Crippen LogP contribution in [-0.2, 0) is 11.2 Å². The summed E-state index contributed by atoms with van der Waals surface area (Å²) in [5.41, 5.74) is -0.279. The first-order valence-corrected chi connectivity index (χ1v) is 5.16. The van der Waals surface area contributed by atoms with Crippen LogP contribution in [0.2, 0.25) is 0 Å². The number of hydrogen-bond acceptors (Lipinski definition) is 2. The third kappa shape index (κ3) is 4.47. The van der Waals surface area contributed by atoms with Gasteiger partial charge in [-0.15, -0.1) is 0 Å². The Hall–Kier alpha value is -1.70. The number of aliphatic hydroxyl groups is 1. The lowest BCUT2D eigenvalue weighted by molar-refractivity contribution is -0.201. The molecule has 1 unspecified atom stereocenters. The lowest BCUT2D eigenvalue weighted by Gasteiger charge is -2.15. The largest absolute Gasteiger partial charge is 0.416 e. The summed E-state index contributed by atoms with van der Waals surface area (Å²) < 4.78 is 61.8. The second-order valence-electron chi connectivity index (χ2n) is 3.75. The molecule has 1 rings (SSSR count). The van der Waals surface area contributed by atoms with Gasteiger partial charge in [-0.05, 0) is 6.07 Å². The fourth-order valence-corrected chi connectivity index (χ4v) is 1.25. The summed E-state index contributed by atoms with van der Waals surface area (Å²) in [6.45, 7) is -1.04. The molecule has 2 N–H and O–H groups in total. The summed E-state index contributed by atoms with van der Waals surface area (Å²) in [6.07, 6.45) is -8.17. The van der Waals surface area contributed by atoms with Gasteiger partial charge in [-0.2, -0.15) is 13.2 Å². The van der Waals surface area contributed by atoms with Crippen molar-refractivity contribution in [3.63, 3.8) is 0 Å². The van der Waals surface area contributed by atoms with Crippen LogP contribution in [-0.4, -0.2) is 29.8 Å². The molecule has 0 aromatic heterocycles. The Morgan fingerprint density at radius 3 is 2.53 bits per heavy atom. The van der Waals surface area contributed by atoms with Crippen molar-refractivity contribution in [2.75, 3.05) is 6.54 Å². The fraction of sp³-hybridized carbons (Fsp3) is 0.364. The van der Waals surface area contributed by atoms with Crippen LogP contribution >= 0.6 is 0 Å². The highest BCUT2D eigenvalue weighted by Gasteiger charge is 2.38. The van der Waals surface area contributed by atoms with E-state index in [0.717, 1.165) is 12.1 Å². The van der Waals surface area contributed by atoms with Gasteiger partial charge in [-0.1, -0.05) is 12.1 Å². The smallest absolute Gasteiger partial charge is 0.382 e. The number of alkyl halides is 3. The zero-order valence-corrected chi connectivity index (χ0v) is 9.47. The standard InChI is InChI=1S/C11H10F5NO2/c12-7-3-1-2-6(10(7)13)4-9(19)17-5-8(18)11(14,15)16/h1-3,8,18H,4-5H2,(H,17,19). The second kappa shape index (κ2) is 5.96. The first-order chi connectivity index (χ1) is 8.71. The molecule has 0 radical (unpaired) electrons. The van der Waals surface area contributed by atoms with E-state index in [1.807, 2.05) is 0 Å². The maximum Gasteiger partial charge on any atom is 0.416 e. The summed E-state index contributed by atoms with van der Waals surface area (Å²) >= 11 is 0. The van der Waals surface area contributed by atoms with E-state index in [2.05, 4.69) is 0 Å². The van der Waals surface area contributed by atoms with E-state index in [4.69, 9.17) is 5.11 Å². The van der Waals surface area contributed by atoms with Gasteiger partial charge in [0.25, 0.3) is 0 Å². The Morgan fingerprint density at radius 1 is 1.32 bits per heavy atom. The Morgan fingerprint density at radius 2 is 1.95 bits per heavy atom. The van der Waals surface area contributed by atoms with Crippen LogP contribution in [0.3, 0.4) is 0 Å². The molecule has 0 aliphatic rings. The van der Waals surface area contributed by atoms with Crippen molar-refractivity contribution in [2.45, 2.75) is 18.7 Å². The average molecular weight is 283 g/mol. The van der Waals surface area contributed by atoms with E-state index in [1.165, 1.54) is 6.07 Å². The molecule has 0 saturated carbocycles. The van der Waals surface area contributed by atoms with Crippen molar-refractivity contribution in [1.29, 1.82) is 0 Å². The number of benzene rings is 1. The lowest BCUT2D eigenvalue weighted by Crippen LogP contribution is -2.41. The van der Waals surface area contributed by atoms with E-state index in [0.29, 0.717) is 0 Å². The average Bonchev–Trinajstić information content (AvgIpc) is 2.30. The molecule has 0 saturated heterocycles. The van der Waals surface area contributed by atoms with Gasteiger partial charge in [-0.3, -0.25) is 4.79 Å². The van der Waals surface area contributed by atoms with Crippen LogP contribution < -0.4 is 5.32 Å². The van der Waals surface area contributed by atoms with Crippen molar-refractivity contribution in [3.8, 4) is 0 Å². The molecule has 0 heterocycles. The molecule has 106 valence electrons. The summed E-state index contributed by atoms with van der Waals surface area (Å²) in [7, 11) is 0. The zero-order chi connectivity index (χ0) is 14.6. The number of halogens is 5. The number of carbonyl (C=O) groups is 1. The fourth-order valence-electron chi connectivity index (χ4n) is 1.25. The molecular formula is C11H10F5NO2. The van der Waals surface area contributed by atoms with Crippen LogP contribution in [0.15, 0.2) is 18.2 Å². The van der Waals surface area contributed by atoms with Crippen LogP contribution in [0.1, 0.15) is 5.56 Å². The van der Waals surface area contributed by atoms with Gasteiger partial charge in [0, 0.05) is 5.56 Å². The molecule has 1 aromatic carbocycles. The van der Waals surface area contributed by atoms with Gasteiger partial charge in [-0.25, -0.2) is 8.78 Å². The highest BCUT2D eigenvalue weighted by molar-refractivity contribution is 5.78. The Balaban J connectivity index is 2.55. The first kappa shape index (κ1) is 15.4. The van der Waals surface area contributed by atoms with Crippen molar-refractivity contribution in [2.24, 2.45) is 0 Å². The highest BCUT2D eigenvalue weighted by Crippen LogP contribution is 2.19. The summed E-state index contributed by atoms with van der Waals surface area (Å²) in [4.78, 5) is 11.2. The van der Waals surface area contributed by atoms with Crippen LogP contribution in [0.4, 0.5) is 22.0 Å². The number of carbonyl (C=O) groups excluding carboxylic acids is 1. The number of amides is 1. The molecule has 1 aromatic rings. The van der Waals surface area contributed by atoms with Crippen LogP contribution in [0.25, 0.3) is 0 Å². The Bertz CT molecular complexity index is 461. The zero-order valence-electron chi connectivity index (χ0n) is 9.47. The van der Waals surface area contributed by atoms with Crippen molar-refractivity contribution >= 4 is 5.91 Å². The molecule has 19 heavy (non-hydrogen) atoms. The first-order valence-electron chi connectivity index (χ1n) is 5.16. The molecular weight excluding hydrogens is 273 g/mol. The Labute approximate surface area is 105 Å². The maximum absolute atomic E-state index is 13.2. The number of rotatable bonds is 4. The minimum Gasteiger partial charge on any atom is -0.382 e. The molecule has 8 heteroatoms. The normalized spacial score (nSPS) is 13.2. The molecule has 0 aliphatic carbocycles. The van der Waals surface area contributed by atoms with E-state index < -0.39 is 42.8 Å². The minimum absolute atomic E-state index is 0.279. The van der Waals surface area contributed by atoms with E-state index >= 15 is 0 Å². The predicted octanol–water partition coefficient (Wildman–Crippen LogP) is 1.55. The molecule has 0 bridgehead atoms. The summed E-state index contributed by atoms with van der Waals surface area (Å²) in [5.74, 6) is -3.33. The van der Waals surface area contributed by atoms with Crippen LogP contribution in [0.5, 0.6) is 0 Å². The van der Waals surface area contributed by atoms with Crippen LogP contribution in [0, 0.1) is 11.6 Å². The third-order valence-corrected chi connectivity index (χ3v) is 2.25. The van der Waals surface area contributed by atoms with Gasteiger partial charge in [0.05, 0.1) is 13.0 Å². The molecule has 0 aliphatic heterocycles. The van der Waals surface area contributed by atoms with Gasteiger partial charge < -0.3 is 10.4 Å². The van der Waals surface area contributed by atoms with Gasteiger partial charge in [0.1, 0.15) is 0 Å². The SMILES string of the molecule is O=C(Cc1cccc(F)c1F)NCC(O)C(F)(F)F. The molecule has 1 atom stereocenters. The van der Waals surface area contributed by atoms with Gasteiger partial charge in [0.2, 0.25) is 5.91 Å². The topological polar surface area (TPSA) is 49.3 Å². The van der Waals surface area contributed by atoms with Crippen molar-refractivity contribution in [1.82, 2.24) is 5.32 Å². The summed E-state index contributed by atoms with van der Waals surface area (Å²) in [5, 5.41) is 10.4. The summed E-state index contributed by atoms with van der Waals surface area (Å²) in [6, 6.07) is 3.16. The maximum atomic E-state index is 13.2. The Kier molecular flexibility index (Phi) is 4.82. The second-order valence-corrected chi connectivity index (χ2v) is 3.75. The van der Waals surface area contributed by atoms with Crippen molar-refractivity contribution in [3.05, 3.63) is 35.4 Å². The van der Waals surface area contributed by atoms with Gasteiger partial charge in [0.15, 0.2) is 17.7 Å². The minimum atomic E-state index is -4.85.